The summed E-state index contributed by atoms with van der Waals surface area (Å²) in [5.74, 6) is 0. The molecule has 8 heavy (non-hydrogen) atoms. The summed E-state index contributed by atoms with van der Waals surface area (Å²) in [5, 5.41) is 7.00. The van der Waals surface area contributed by atoms with Gasteiger partial charge >= 0.3 is 21.1 Å². The van der Waals surface area contributed by atoms with Gasteiger partial charge in [0, 0.05) is 18.6 Å². The molecule has 0 aliphatic carbocycles. The van der Waals surface area contributed by atoms with Gasteiger partial charge in [-0.05, 0) is 0 Å². The Morgan fingerprint density at radius 3 is 0.750 bits per heavy atom. The molecule has 0 amide bonds. The van der Waals surface area contributed by atoms with Crippen molar-refractivity contribution in [2.75, 3.05) is 28.2 Å². The first kappa shape index (κ1) is 22.9. The third kappa shape index (κ3) is 194. The summed E-state index contributed by atoms with van der Waals surface area (Å²) in [6, 6.07) is 0. The Morgan fingerprint density at radius 1 is 0.750 bits per heavy atom. The van der Waals surface area contributed by atoms with E-state index in [1.54, 1.807) is 28.2 Å². The summed E-state index contributed by atoms with van der Waals surface area (Å²) in [4.78, 5) is 0. The molecule has 0 aliphatic rings. The maximum absolute atomic E-state index is 3.50. The minimum absolute atomic E-state index is 0. The van der Waals surface area contributed by atoms with Crippen LogP contribution in [0.15, 0.2) is 0 Å². The van der Waals surface area contributed by atoms with Crippen molar-refractivity contribution in [3.05, 3.63) is 10.6 Å². The van der Waals surface area contributed by atoms with Crippen molar-refractivity contribution in [1.29, 1.82) is 0 Å². The molecule has 49 valence electrons. The van der Waals surface area contributed by atoms with Crippen LogP contribution in [0, 0.1) is 0 Å². The predicted octanol–water partition coefficient (Wildman–Crippen LogP) is 1.23. The van der Waals surface area contributed by atoms with Crippen molar-refractivity contribution in [1.82, 2.24) is 0 Å². The van der Waals surface area contributed by atoms with Crippen molar-refractivity contribution in [3.63, 3.8) is 0 Å². The molecule has 0 atom stereocenters. The molecular formula is C4H12N2VW. The molecule has 0 saturated heterocycles. The molecule has 1 radical (unpaired) electrons. The Labute approximate surface area is 78.3 Å². The fourth-order valence-electron chi connectivity index (χ4n) is 0. The summed E-state index contributed by atoms with van der Waals surface area (Å²) in [5.41, 5.74) is 0. The third-order valence-electron chi connectivity index (χ3n) is 0. The summed E-state index contributed by atoms with van der Waals surface area (Å²) < 4.78 is 0. The fraction of sp³-hybridized carbons (Fsp3) is 1.00. The van der Waals surface area contributed by atoms with Crippen LogP contribution in [0.1, 0.15) is 0 Å². The molecular weight excluding hydrogens is 311 g/mol. The topological polar surface area (TPSA) is 28.2 Å². The smallest absolute Gasteiger partial charge is 0.668 e. The van der Waals surface area contributed by atoms with Crippen molar-refractivity contribution in [2.45, 2.75) is 0 Å². The average Bonchev–Trinajstić information content (AvgIpc) is 1.39. The molecule has 0 unspecified atom stereocenters. The predicted molar refractivity (Wildman–Crippen MR) is 30.4 cm³/mol. The second kappa shape index (κ2) is 41.6. The van der Waals surface area contributed by atoms with Crippen LogP contribution in [-0.2, 0) is 39.6 Å². The van der Waals surface area contributed by atoms with Gasteiger partial charge in [-0.1, -0.05) is 0 Å². The Bertz CT molecular complexity index is 16.0. The van der Waals surface area contributed by atoms with Gasteiger partial charge in [0.1, 0.15) is 0 Å². The molecule has 0 N–H and O–H groups in total. The van der Waals surface area contributed by atoms with Crippen LogP contribution in [0.3, 0.4) is 0 Å². The fourth-order valence-corrected chi connectivity index (χ4v) is 0. The van der Waals surface area contributed by atoms with E-state index in [0.717, 1.165) is 0 Å². The molecule has 4 heteroatoms. The molecule has 0 spiro atoms. The van der Waals surface area contributed by atoms with Crippen LogP contribution in [0.5, 0.6) is 0 Å². The molecule has 0 aromatic rings. The molecule has 0 aliphatic heterocycles. The van der Waals surface area contributed by atoms with Crippen LogP contribution in [0.25, 0.3) is 10.6 Å². The van der Waals surface area contributed by atoms with E-state index in [2.05, 4.69) is 10.6 Å². The first-order valence-corrected chi connectivity index (χ1v) is 1.79. The number of rotatable bonds is 0. The van der Waals surface area contributed by atoms with E-state index in [1.807, 2.05) is 0 Å². The minimum atomic E-state index is 0. The van der Waals surface area contributed by atoms with Crippen molar-refractivity contribution in [3.8, 4) is 0 Å². The maximum atomic E-state index is 3.50. The summed E-state index contributed by atoms with van der Waals surface area (Å²) >= 11 is 0. The van der Waals surface area contributed by atoms with Crippen LogP contribution < -0.4 is 0 Å². The summed E-state index contributed by atoms with van der Waals surface area (Å²) in [7, 11) is 7.00. The molecule has 2 nitrogen and oxygen atoms in total. The zero-order chi connectivity index (χ0) is 5.41. The van der Waals surface area contributed by atoms with Crippen molar-refractivity contribution >= 4 is 0 Å². The SMILES string of the molecule is C[N-]C.C[N-]C.[V].[W+2]. The standard InChI is InChI=1S/2C2H6N.V.W/c2*1-3-2;;/h2*1-2H3;;/q2*-1;;+2. The summed E-state index contributed by atoms with van der Waals surface area (Å²) in [6.45, 7) is 0. The van der Waals surface area contributed by atoms with Gasteiger partial charge in [-0.2, -0.15) is 28.2 Å². The molecule has 0 saturated carbocycles. The zero-order valence-electron chi connectivity index (χ0n) is 5.75. The molecule has 0 bridgehead atoms. The largest absolute Gasteiger partial charge is 2.00 e. The van der Waals surface area contributed by atoms with Gasteiger partial charge in [-0.3, -0.25) is 0 Å². The van der Waals surface area contributed by atoms with Gasteiger partial charge in [0.25, 0.3) is 0 Å². The van der Waals surface area contributed by atoms with Crippen LogP contribution >= 0.6 is 0 Å². The van der Waals surface area contributed by atoms with E-state index in [1.165, 1.54) is 0 Å². The molecule has 0 heterocycles. The van der Waals surface area contributed by atoms with Crippen LogP contribution in [0.4, 0.5) is 0 Å². The van der Waals surface area contributed by atoms with Gasteiger partial charge in [-0.15, -0.1) is 0 Å². The molecule has 0 rings (SSSR count). The zero-order valence-corrected chi connectivity index (χ0v) is 10.1. The van der Waals surface area contributed by atoms with E-state index in [9.17, 15) is 0 Å². The maximum Gasteiger partial charge on any atom is 2.00 e. The van der Waals surface area contributed by atoms with Gasteiger partial charge < -0.3 is 10.6 Å². The Morgan fingerprint density at radius 2 is 0.750 bits per heavy atom. The Balaban J connectivity index is -0.0000000160. The van der Waals surface area contributed by atoms with Crippen molar-refractivity contribution < 1.29 is 39.6 Å². The quantitative estimate of drug-likeness (QED) is 0.642. The third-order valence-corrected chi connectivity index (χ3v) is 0. The number of nitrogens with zero attached hydrogens (tertiary/aromatic N) is 2. The van der Waals surface area contributed by atoms with E-state index in [4.69, 9.17) is 0 Å². The second-order valence-electron chi connectivity index (χ2n) is 0.894. The van der Waals surface area contributed by atoms with Gasteiger partial charge in [0.2, 0.25) is 0 Å². The van der Waals surface area contributed by atoms with Gasteiger partial charge in [0.05, 0.1) is 0 Å². The van der Waals surface area contributed by atoms with Crippen molar-refractivity contribution in [2.24, 2.45) is 0 Å². The van der Waals surface area contributed by atoms with E-state index in [-0.39, 0.29) is 39.6 Å². The Kier molecular flexibility index (Phi) is 119. The van der Waals surface area contributed by atoms with Crippen LogP contribution in [-0.4, -0.2) is 28.2 Å². The van der Waals surface area contributed by atoms with Crippen LogP contribution in [0.2, 0.25) is 0 Å². The van der Waals surface area contributed by atoms with Gasteiger partial charge in [0.15, 0.2) is 0 Å². The first-order valence-electron chi connectivity index (χ1n) is 1.79. The normalized spacial score (nSPS) is 4.50. The Hall–Kier alpha value is 1.19. The van der Waals surface area contributed by atoms with Gasteiger partial charge in [-0.25, -0.2) is 0 Å². The van der Waals surface area contributed by atoms with E-state index >= 15 is 0 Å². The second-order valence-corrected chi connectivity index (χ2v) is 0.894. The average molecular weight is 323 g/mol. The number of hydrogen-bond donors (Lipinski definition) is 0. The van der Waals surface area contributed by atoms with E-state index < -0.39 is 0 Å². The number of hydrogen-bond acceptors (Lipinski definition) is 0. The minimum Gasteiger partial charge on any atom is -0.668 e. The molecule has 0 aromatic heterocycles. The monoisotopic (exact) mass is 323 g/mol. The molecule has 0 fully saturated rings. The summed E-state index contributed by atoms with van der Waals surface area (Å²) in [6.07, 6.45) is 0. The molecule has 0 aromatic carbocycles. The first-order chi connectivity index (χ1) is 2.83. The van der Waals surface area contributed by atoms with E-state index in [0.29, 0.717) is 0 Å².